The molecule has 0 radical (unpaired) electrons. The fourth-order valence-electron chi connectivity index (χ4n) is 1.98. The number of aromatic nitrogens is 1. The van der Waals surface area contributed by atoms with E-state index < -0.39 is 0 Å². The summed E-state index contributed by atoms with van der Waals surface area (Å²) >= 11 is 1.37. The summed E-state index contributed by atoms with van der Waals surface area (Å²) in [4.78, 5) is 29.5. The number of hydrogen-bond acceptors (Lipinski definition) is 7. The Morgan fingerprint density at radius 2 is 2.24 bits per heavy atom. The zero-order chi connectivity index (χ0) is 15.2. The number of amides is 1. The number of nitrogens with zero attached hydrogens (tertiary/aromatic N) is 2. The average Bonchev–Trinajstić information content (AvgIpc) is 2.94. The summed E-state index contributed by atoms with van der Waals surface area (Å²) in [5.74, 6) is -0.299. The number of morpholine rings is 1. The zero-order valence-electron chi connectivity index (χ0n) is 12.1. The molecule has 116 valence electrons. The van der Waals surface area contributed by atoms with Gasteiger partial charge in [0.2, 0.25) is 5.91 Å². The predicted octanol–water partition coefficient (Wildman–Crippen LogP) is 0.518. The molecule has 1 saturated heterocycles. The molecule has 21 heavy (non-hydrogen) atoms. The molecule has 1 aliphatic rings. The van der Waals surface area contributed by atoms with E-state index in [0.29, 0.717) is 37.1 Å². The first-order valence-corrected chi connectivity index (χ1v) is 7.62. The van der Waals surface area contributed by atoms with Gasteiger partial charge in [-0.1, -0.05) is 0 Å². The van der Waals surface area contributed by atoms with Crippen molar-refractivity contribution in [2.45, 2.75) is 19.4 Å². The molecular formula is C13H19N3O4S. The molecule has 1 aliphatic heterocycles. The van der Waals surface area contributed by atoms with Gasteiger partial charge in [0.15, 0.2) is 5.13 Å². The Balaban J connectivity index is 1.88. The number of anilines is 1. The van der Waals surface area contributed by atoms with Gasteiger partial charge in [-0.2, -0.15) is 0 Å². The fourth-order valence-corrected chi connectivity index (χ4v) is 2.78. The number of methoxy groups -OCH3 is 1. The summed E-state index contributed by atoms with van der Waals surface area (Å²) in [7, 11) is 1.34. The van der Waals surface area contributed by atoms with Crippen LogP contribution in [0.2, 0.25) is 0 Å². The maximum atomic E-state index is 12.2. The Labute approximate surface area is 127 Å². The quantitative estimate of drug-likeness (QED) is 0.798. The summed E-state index contributed by atoms with van der Waals surface area (Å²) in [5, 5.41) is 5.48. The number of carbonyl (C=O) groups is 2. The second-order valence-corrected chi connectivity index (χ2v) is 5.56. The van der Waals surface area contributed by atoms with Crippen LogP contribution >= 0.6 is 11.3 Å². The first kappa shape index (κ1) is 15.7. The molecule has 1 amide bonds. The lowest BCUT2D eigenvalue weighted by Gasteiger charge is -2.29. The number of ether oxygens (including phenoxy) is 2. The van der Waals surface area contributed by atoms with Crippen LogP contribution in [0, 0.1) is 0 Å². The third kappa shape index (κ3) is 4.40. The summed E-state index contributed by atoms with van der Waals surface area (Å²) in [6, 6.07) is -0.361. The van der Waals surface area contributed by atoms with E-state index in [9.17, 15) is 9.59 Å². The van der Waals surface area contributed by atoms with Crippen molar-refractivity contribution in [2.75, 3.05) is 38.7 Å². The van der Waals surface area contributed by atoms with Gasteiger partial charge in [0.25, 0.3) is 0 Å². The molecule has 8 heteroatoms. The van der Waals surface area contributed by atoms with E-state index in [1.807, 2.05) is 0 Å². The summed E-state index contributed by atoms with van der Waals surface area (Å²) in [5.41, 5.74) is 0.639. The van der Waals surface area contributed by atoms with Crippen LogP contribution in [-0.2, 0) is 25.5 Å². The maximum Gasteiger partial charge on any atom is 0.311 e. The van der Waals surface area contributed by atoms with Gasteiger partial charge >= 0.3 is 5.97 Å². The summed E-state index contributed by atoms with van der Waals surface area (Å²) < 4.78 is 9.83. The smallest absolute Gasteiger partial charge is 0.311 e. The zero-order valence-corrected chi connectivity index (χ0v) is 12.9. The molecular weight excluding hydrogens is 294 g/mol. The SMILES string of the molecule is COC(=O)Cc1csc(NC(C)C(=O)N2CCOCC2)n1. The van der Waals surface area contributed by atoms with Crippen LogP contribution in [0.3, 0.4) is 0 Å². The van der Waals surface area contributed by atoms with Crippen molar-refractivity contribution >= 4 is 28.3 Å². The monoisotopic (exact) mass is 313 g/mol. The van der Waals surface area contributed by atoms with Crippen LogP contribution in [0.15, 0.2) is 5.38 Å². The van der Waals surface area contributed by atoms with Gasteiger partial charge in [-0.3, -0.25) is 9.59 Å². The van der Waals surface area contributed by atoms with Crippen molar-refractivity contribution in [1.82, 2.24) is 9.88 Å². The van der Waals surface area contributed by atoms with E-state index in [2.05, 4.69) is 15.0 Å². The Morgan fingerprint density at radius 1 is 1.52 bits per heavy atom. The summed E-state index contributed by atoms with van der Waals surface area (Å²) in [6.07, 6.45) is 0.139. The topological polar surface area (TPSA) is 80.8 Å². The van der Waals surface area contributed by atoms with Crippen molar-refractivity contribution in [1.29, 1.82) is 0 Å². The Bertz CT molecular complexity index is 499. The number of nitrogens with one attached hydrogen (secondary N) is 1. The highest BCUT2D eigenvalue weighted by Crippen LogP contribution is 2.17. The van der Waals surface area contributed by atoms with Crippen LogP contribution in [0.4, 0.5) is 5.13 Å². The number of rotatable bonds is 5. The Kier molecular flexibility index (Phi) is 5.51. The lowest BCUT2D eigenvalue weighted by atomic mass is 10.2. The molecule has 0 spiro atoms. The number of esters is 1. The van der Waals surface area contributed by atoms with Crippen LogP contribution < -0.4 is 5.32 Å². The van der Waals surface area contributed by atoms with Gasteiger partial charge in [0.05, 0.1) is 32.4 Å². The van der Waals surface area contributed by atoms with Gasteiger partial charge in [-0.05, 0) is 6.92 Å². The second-order valence-electron chi connectivity index (χ2n) is 4.70. The molecule has 2 heterocycles. The Morgan fingerprint density at radius 3 is 2.90 bits per heavy atom. The first-order chi connectivity index (χ1) is 10.1. The lowest BCUT2D eigenvalue weighted by molar-refractivity contribution is -0.140. The van der Waals surface area contributed by atoms with Gasteiger partial charge in [-0.15, -0.1) is 11.3 Å². The van der Waals surface area contributed by atoms with Gasteiger partial charge in [0, 0.05) is 18.5 Å². The molecule has 0 aliphatic carbocycles. The van der Waals surface area contributed by atoms with Crippen molar-refractivity contribution in [3.63, 3.8) is 0 Å². The molecule has 1 aromatic heterocycles. The Hall–Kier alpha value is -1.67. The number of carbonyl (C=O) groups excluding carboxylic acids is 2. The van der Waals surface area contributed by atoms with E-state index in [1.165, 1.54) is 18.4 Å². The van der Waals surface area contributed by atoms with Crippen molar-refractivity contribution in [3.05, 3.63) is 11.1 Å². The van der Waals surface area contributed by atoms with Crippen LogP contribution in [0.5, 0.6) is 0 Å². The third-order valence-corrected chi connectivity index (χ3v) is 3.96. The third-order valence-electron chi connectivity index (χ3n) is 3.14. The minimum Gasteiger partial charge on any atom is -0.469 e. The molecule has 1 fully saturated rings. The highest BCUT2D eigenvalue weighted by molar-refractivity contribution is 7.13. The largest absolute Gasteiger partial charge is 0.469 e. The van der Waals surface area contributed by atoms with Gasteiger partial charge in [0.1, 0.15) is 6.04 Å². The van der Waals surface area contributed by atoms with E-state index in [-0.39, 0.29) is 24.3 Å². The van der Waals surface area contributed by atoms with Crippen LogP contribution in [-0.4, -0.2) is 61.2 Å². The number of hydrogen-bond donors (Lipinski definition) is 1. The molecule has 1 atom stereocenters. The molecule has 1 aromatic rings. The predicted molar refractivity (Wildman–Crippen MR) is 78.3 cm³/mol. The average molecular weight is 313 g/mol. The second kappa shape index (κ2) is 7.37. The lowest BCUT2D eigenvalue weighted by Crippen LogP contribution is -2.46. The molecule has 1 N–H and O–H groups in total. The minimum atomic E-state index is -0.361. The normalized spacial score (nSPS) is 16.4. The summed E-state index contributed by atoms with van der Waals surface area (Å²) in [6.45, 7) is 4.21. The highest BCUT2D eigenvalue weighted by atomic mass is 32.1. The molecule has 2 rings (SSSR count). The van der Waals surface area contributed by atoms with E-state index in [1.54, 1.807) is 17.2 Å². The first-order valence-electron chi connectivity index (χ1n) is 6.74. The van der Waals surface area contributed by atoms with Crippen molar-refractivity contribution < 1.29 is 19.1 Å². The molecule has 0 aromatic carbocycles. The van der Waals surface area contributed by atoms with Crippen LogP contribution in [0.1, 0.15) is 12.6 Å². The molecule has 7 nitrogen and oxygen atoms in total. The fraction of sp³-hybridized carbons (Fsp3) is 0.615. The van der Waals surface area contributed by atoms with Gasteiger partial charge in [-0.25, -0.2) is 4.98 Å². The minimum absolute atomic E-state index is 0.0306. The maximum absolute atomic E-state index is 12.2. The van der Waals surface area contributed by atoms with Crippen molar-refractivity contribution in [2.24, 2.45) is 0 Å². The van der Waals surface area contributed by atoms with E-state index in [0.717, 1.165) is 0 Å². The van der Waals surface area contributed by atoms with E-state index in [4.69, 9.17) is 4.74 Å². The van der Waals surface area contributed by atoms with Crippen LogP contribution in [0.25, 0.3) is 0 Å². The van der Waals surface area contributed by atoms with Crippen molar-refractivity contribution in [3.8, 4) is 0 Å². The molecule has 0 saturated carbocycles. The standard InChI is InChI=1S/C13H19N3O4S/c1-9(12(18)16-3-5-20-6-4-16)14-13-15-10(8-21-13)7-11(17)19-2/h8-9H,3-7H2,1-2H3,(H,14,15). The molecule has 0 bridgehead atoms. The van der Waals surface area contributed by atoms with Gasteiger partial charge < -0.3 is 19.7 Å². The molecule has 1 unspecified atom stereocenters. The number of thiazole rings is 1. The van der Waals surface area contributed by atoms with E-state index >= 15 is 0 Å². The highest BCUT2D eigenvalue weighted by Gasteiger charge is 2.23.